The van der Waals surface area contributed by atoms with E-state index in [1.165, 1.54) is 0 Å². The summed E-state index contributed by atoms with van der Waals surface area (Å²) in [6.07, 6.45) is 4.17. The van der Waals surface area contributed by atoms with Crippen molar-refractivity contribution < 1.29 is 19.0 Å². The van der Waals surface area contributed by atoms with Crippen LogP contribution < -0.4 is 0 Å². The van der Waals surface area contributed by atoms with Crippen LogP contribution in [0.3, 0.4) is 0 Å². The molecule has 0 amide bonds. The predicted octanol–water partition coefficient (Wildman–Crippen LogP) is 1.26. The third kappa shape index (κ3) is 2.64. The van der Waals surface area contributed by atoms with E-state index in [1.54, 1.807) is 33.3 Å². The largest absolute Gasteiger partial charge is 0.352 e. The maximum atomic E-state index is 10.8. The lowest BCUT2D eigenvalue weighted by molar-refractivity contribution is -0.244. The number of hydrogen-bond donors (Lipinski definition) is 0. The number of rotatable bonds is 5. The average Bonchev–Trinajstić information content (AvgIpc) is 2.59. The monoisotopic (exact) mass is 200 g/mol. The molecule has 0 aromatic rings. The second kappa shape index (κ2) is 4.68. The molecular formula is C10H16O4. The summed E-state index contributed by atoms with van der Waals surface area (Å²) in [5, 5.41) is 0. The number of carbonyl (C=O) groups is 1. The van der Waals surface area contributed by atoms with Gasteiger partial charge in [-0.3, -0.25) is 0 Å². The van der Waals surface area contributed by atoms with Crippen LogP contribution in [0.1, 0.15) is 19.8 Å². The molecule has 0 saturated carbocycles. The molecule has 0 aliphatic carbocycles. The number of hydrogen-bond acceptors (Lipinski definition) is 4. The molecule has 14 heavy (non-hydrogen) atoms. The first-order valence-corrected chi connectivity index (χ1v) is 4.56. The van der Waals surface area contributed by atoms with E-state index in [0.717, 1.165) is 0 Å². The van der Waals surface area contributed by atoms with E-state index in [-0.39, 0.29) is 12.1 Å². The van der Waals surface area contributed by atoms with Gasteiger partial charge in [-0.25, -0.2) is 0 Å². The van der Waals surface area contributed by atoms with Gasteiger partial charge in [0.2, 0.25) is 0 Å². The van der Waals surface area contributed by atoms with Crippen LogP contribution in [0.5, 0.6) is 0 Å². The molecule has 0 aromatic heterocycles. The van der Waals surface area contributed by atoms with Crippen molar-refractivity contribution >= 4 is 5.78 Å². The Morgan fingerprint density at radius 2 is 2.29 bits per heavy atom. The maximum absolute atomic E-state index is 10.8. The Hall–Kier alpha value is -0.710. The molecule has 2 atom stereocenters. The zero-order valence-corrected chi connectivity index (χ0v) is 8.78. The lowest BCUT2D eigenvalue weighted by Crippen LogP contribution is -2.32. The molecule has 1 aliphatic rings. The third-order valence-electron chi connectivity index (χ3n) is 2.23. The Kier molecular flexibility index (Phi) is 3.80. The SMILES string of the molecule is COC1C=CC(CCC(C)=O)(OC)O1. The normalized spacial score (nSPS) is 30.9. The number of ketones is 1. The third-order valence-corrected chi connectivity index (χ3v) is 2.23. The number of carbonyl (C=O) groups excluding carboxylic acids is 1. The summed E-state index contributed by atoms with van der Waals surface area (Å²) in [5.41, 5.74) is 0. The summed E-state index contributed by atoms with van der Waals surface area (Å²) < 4.78 is 15.7. The zero-order chi connectivity index (χ0) is 10.6. The molecule has 0 aromatic carbocycles. The van der Waals surface area contributed by atoms with Gasteiger partial charge in [-0.05, 0) is 19.1 Å². The molecule has 80 valence electrons. The van der Waals surface area contributed by atoms with Gasteiger partial charge in [-0.2, -0.15) is 0 Å². The van der Waals surface area contributed by atoms with Gasteiger partial charge < -0.3 is 19.0 Å². The Bertz CT molecular complexity index is 236. The van der Waals surface area contributed by atoms with Crippen LogP contribution >= 0.6 is 0 Å². The van der Waals surface area contributed by atoms with Gasteiger partial charge in [0.1, 0.15) is 5.78 Å². The fourth-order valence-corrected chi connectivity index (χ4v) is 1.34. The van der Waals surface area contributed by atoms with E-state index in [4.69, 9.17) is 14.2 Å². The van der Waals surface area contributed by atoms with Crippen molar-refractivity contribution in [3.63, 3.8) is 0 Å². The van der Waals surface area contributed by atoms with E-state index in [2.05, 4.69) is 0 Å². The van der Waals surface area contributed by atoms with Gasteiger partial charge in [-0.1, -0.05) is 0 Å². The molecule has 0 spiro atoms. The molecule has 4 heteroatoms. The van der Waals surface area contributed by atoms with E-state index in [0.29, 0.717) is 12.8 Å². The van der Waals surface area contributed by atoms with E-state index >= 15 is 0 Å². The first-order valence-electron chi connectivity index (χ1n) is 4.56. The van der Waals surface area contributed by atoms with Gasteiger partial charge in [-0.15, -0.1) is 0 Å². The smallest absolute Gasteiger partial charge is 0.191 e. The first-order chi connectivity index (χ1) is 6.62. The van der Waals surface area contributed by atoms with Crippen molar-refractivity contribution in [1.82, 2.24) is 0 Å². The van der Waals surface area contributed by atoms with E-state index in [9.17, 15) is 4.79 Å². The summed E-state index contributed by atoms with van der Waals surface area (Å²) in [6, 6.07) is 0. The minimum Gasteiger partial charge on any atom is -0.352 e. The molecule has 0 bridgehead atoms. The summed E-state index contributed by atoms with van der Waals surface area (Å²) in [5.74, 6) is -0.661. The molecule has 2 unspecified atom stereocenters. The average molecular weight is 200 g/mol. The first kappa shape index (κ1) is 11.4. The van der Waals surface area contributed by atoms with Crippen LogP contribution in [0.4, 0.5) is 0 Å². The standard InChI is InChI=1S/C10H16O4/c1-8(11)4-6-10(13-3)7-5-9(12-2)14-10/h5,7,9H,4,6H2,1-3H3. The fourth-order valence-electron chi connectivity index (χ4n) is 1.34. The molecular weight excluding hydrogens is 184 g/mol. The van der Waals surface area contributed by atoms with Crippen LogP contribution in [0.25, 0.3) is 0 Å². The fraction of sp³-hybridized carbons (Fsp3) is 0.700. The van der Waals surface area contributed by atoms with Crippen LogP contribution in [0.15, 0.2) is 12.2 Å². The van der Waals surface area contributed by atoms with Crippen LogP contribution in [-0.4, -0.2) is 32.1 Å². The highest BCUT2D eigenvalue weighted by Gasteiger charge is 2.35. The Balaban J connectivity index is 2.52. The van der Waals surface area contributed by atoms with Crippen LogP contribution in [0.2, 0.25) is 0 Å². The Morgan fingerprint density at radius 3 is 2.71 bits per heavy atom. The lowest BCUT2D eigenvalue weighted by atomic mass is 10.1. The minimum atomic E-state index is -0.785. The minimum absolute atomic E-state index is 0.124. The topological polar surface area (TPSA) is 44.8 Å². The summed E-state index contributed by atoms with van der Waals surface area (Å²) in [6.45, 7) is 1.55. The van der Waals surface area contributed by atoms with Crippen molar-refractivity contribution in [2.24, 2.45) is 0 Å². The van der Waals surface area contributed by atoms with Crippen LogP contribution in [-0.2, 0) is 19.0 Å². The molecule has 0 radical (unpaired) electrons. The van der Waals surface area contributed by atoms with Gasteiger partial charge in [0.25, 0.3) is 0 Å². The molecule has 1 heterocycles. The lowest BCUT2D eigenvalue weighted by Gasteiger charge is -2.26. The summed E-state index contributed by atoms with van der Waals surface area (Å²) in [7, 11) is 3.12. The van der Waals surface area contributed by atoms with Gasteiger partial charge in [0, 0.05) is 27.1 Å². The van der Waals surface area contributed by atoms with Crippen molar-refractivity contribution in [3.8, 4) is 0 Å². The molecule has 0 fully saturated rings. The molecule has 0 saturated heterocycles. The second-order valence-corrected chi connectivity index (χ2v) is 3.30. The number of Topliss-reactive ketones (excluding diaryl/α,β-unsaturated/α-hetero) is 1. The number of ether oxygens (including phenoxy) is 3. The highest BCUT2D eigenvalue weighted by molar-refractivity contribution is 5.75. The predicted molar refractivity (Wildman–Crippen MR) is 50.7 cm³/mol. The van der Waals surface area contributed by atoms with Crippen molar-refractivity contribution in [3.05, 3.63) is 12.2 Å². The summed E-state index contributed by atoms with van der Waals surface area (Å²) in [4.78, 5) is 10.8. The number of methoxy groups -OCH3 is 2. The van der Waals surface area contributed by atoms with E-state index in [1.807, 2.05) is 0 Å². The maximum Gasteiger partial charge on any atom is 0.191 e. The van der Waals surface area contributed by atoms with Crippen molar-refractivity contribution in [2.45, 2.75) is 31.8 Å². The van der Waals surface area contributed by atoms with Gasteiger partial charge in [0.15, 0.2) is 12.1 Å². The van der Waals surface area contributed by atoms with E-state index < -0.39 is 5.79 Å². The zero-order valence-electron chi connectivity index (χ0n) is 8.78. The Labute approximate surface area is 83.8 Å². The highest BCUT2D eigenvalue weighted by Crippen LogP contribution is 2.29. The van der Waals surface area contributed by atoms with Crippen molar-refractivity contribution in [1.29, 1.82) is 0 Å². The van der Waals surface area contributed by atoms with Crippen LogP contribution in [0, 0.1) is 0 Å². The summed E-state index contributed by atoms with van der Waals surface area (Å²) >= 11 is 0. The quantitative estimate of drug-likeness (QED) is 0.627. The Morgan fingerprint density at radius 1 is 1.57 bits per heavy atom. The van der Waals surface area contributed by atoms with Gasteiger partial charge >= 0.3 is 0 Å². The molecule has 1 aliphatic heterocycles. The van der Waals surface area contributed by atoms with Gasteiger partial charge in [0.05, 0.1) is 0 Å². The molecule has 1 rings (SSSR count). The second-order valence-electron chi connectivity index (χ2n) is 3.30. The van der Waals surface area contributed by atoms with Crippen molar-refractivity contribution in [2.75, 3.05) is 14.2 Å². The molecule has 0 N–H and O–H groups in total. The highest BCUT2D eigenvalue weighted by atomic mass is 16.8. The molecule has 4 nitrogen and oxygen atoms in total.